The summed E-state index contributed by atoms with van der Waals surface area (Å²) < 4.78 is 11.7. The van der Waals surface area contributed by atoms with Crippen molar-refractivity contribution in [2.45, 2.75) is 6.92 Å². The molecule has 0 aliphatic rings. The van der Waals surface area contributed by atoms with Crippen LogP contribution in [-0.4, -0.2) is 45.7 Å². The van der Waals surface area contributed by atoms with Gasteiger partial charge in [0.15, 0.2) is 17.5 Å². The Balaban J connectivity index is 0.00000420. The largest absolute Gasteiger partial charge is 0.493 e. The normalized spacial score (nSPS) is 10.6. The molecule has 7 nitrogen and oxygen atoms in total. The van der Waals surface area contributed by atoms with Crippen molar-refractivity contribution < 1.29 is 14.3 Å². The zero-order valence-electron chi connectivity index (χ0n) is 16.6. The van der Waals surface area contributed by atoms with Gasteiger partial charge in [-0.05, 0) is 37.3 Å². The standard InChI is InChI=1S/C20H25BrN4O3.HI/c1-4-28-17-9-8-16(13-18(17)27-3)25-20(22-2)24-11-10-23-19(26)14-6-5-7-15(21)12-14;/h5-9,12-13H,4,10-11H2,1-3H3,(H,23,26)(H2,22,24,25);1H. The molecule has 0 radical (unpaired) electrons. The zero-order valence-corrected chi connectivity index (χ0v) is 20.5. The molecule has 0 saturated carbocycles. The molecular formula is C20H26BrIN4O3. The number of carbonyl (C=O) groups excluding carboxylic acids is 1. The van der Waals surface area contributed by atoms with Gasteiger partial charge in [0, 0.05) is 41.9 Å². The Labute approximate surface area is 196 Å². The van der Waals surface area contributed by atoms with Crippen molar-refractivity contribution in [2.24, 2.45) is 4.99 Å². The van der Waals surface area contributed by atoms with Gasteiger partial charge in [-0.3, -0.25) is 9.79 Å². The molecule has 0 aliphatic carbocycles. The Morgan fingerprint density at radius 1 is 1.10 bits per heavy atom. The van der Waals surface area contributed by atoms with Gasteiger partial charge in [0.25, 0.3) is 5.91 Å². The maximum atomic E-state index is 12.1. The first-order chi connectivity index (χ1) is 13.6. The summed E-state index contributed by atoms with van der Waals surface area (Å²) in [7, 11) is 3.28. The van der Waals surface area contributed by atoms with E-state index in [2.05, 4.69) is 36.9 Å². The fourth-order valence-electron chi connectivity index (χ4n) is 2.42. The molecule has 0 bridgehead atoms. The number of anilines is 1. The van der Waals surface area contributed by atoms with Crippen LogP contribution >= 0.6 is 39.9 Å². The van der Waals surface area contributed by atoms with E-state index in [1.54, 1.807) is 26.3 Å². The van der Waals surface area contributed by atoms with Crippen molar-refractivity contribution in [1.29, 1.82) is 0 Å². The predicted octanol–water partition coefficient (Wildman–Crippen LogP) is 3.89. The number of aliphatic imine (C=N–C) groups is 1. The van der Waals surface area contributed by atoms with Gasteiger partial charge in [-0.1, -0.05) is 22.0 Å². The van der Waals surface area contributed by atoms with E-state index in [9.17, 15) is 4.79 Å². The minimum atomic E-state index is -0.123. The number of halogens is 2. The van der Waals surface area contributed by atoms with Crippen LogP contribution in [0.2, 0.25) is 0 Å². The summed E-state index contributed by atoms with van der Waals surface area (Å²) in [4.78, 5) is 16.3. The van der Waals surface area contributed by atoms with Gasteiger partial charge < -0.3 is 25.4 Å². The van der Waals surface area contributed by atoms with E-state index in [-0.39, 0.29) is 29.9 Å². The molecule has 0 unspecified atom stereocenters. The van der Waals surface area contributed by atoms with Gasteiger partial charge in [-0.2, -0.15) is 0 Å². The first kappa shape index (κ1) is 25.0. The number of guanidine groups is 1. The van der Waals surface area contributed by atoms with E-state index in [4.69, 9.17) is 9.47 Å². The molecule has 0 spiro atoms. The molecule has 0 saturated heterocycles. The first-order valence-electron chi connectivity index (χ1n) is 8.89. The van der Waals surface area contributed by atoms with Crippen LogP contribution in [0.1, 0.15) is 17.3 Å². The second-order valence-electron chi connectivity index (χ2n) is 5.69. The lowest BCUT2D eigenvalue weighted by molar-refractivity contribution is 0.0954. The van der Waals surface area contributed by atoms with Crippen LogP contribution in [0.15, 0.2) is 51.9 Å². The smallest absolute Gasteiger partial charge is 0.251 e. The van der Waals surface area contributed by atoms with Crippen LogP contribution in [0, 0.1) is 0 Å². The molecule has 0 fully saturated rings. The highest BCUT2D eigenvalue weighted by atomic mass is 127. The van der Waals surface area contributed by atoms with Gasteiger partial charge in [-0.15, -0.1) is 24.0 Å². The minimum absolute atomic E-state index is 0. The number of benzene rings is 2. The molecule has 1 amide bonds. The highest BCUT2D eigenvalue weighted by Crippen LogP contribution is 2.30. The number of ether oxygens (including phenoxy) is 2. The van der Waals surface area contributed by atoms with E-state index in [1.165, 1.54) is 0 Å². The Kier molecular flexibility index (Phi) is 11.4. The molecule has 0 heterocycles. The summed E-state index contributed by atoms with van der Waals surface area (Å²) in [6.07, 6.45) is 0. The Morgan fingerprint density at radius 3 is 2.52 bits per heavy atom. The predicted molar refractivity (Wildman–Crippen MR) is 131 cm³/mol. The van der Waals surface area contributed by atoms with Crippen molar-refractivity contribution in [3.8, 4) is 11.5 Å². The summed E-state index contributed by atoms with van der Waals surface area (Å²) in [5.74, 6) is 1.79. The van der Waals surface area contributed by atoms with Gasteiger partial charge >= 0.3 is 0 Å². The van der Waals surface area contributed by atoms with Gasteiger partial charge in [0.2, 0.25) is 0 Å². The van der Waals surface area contributed by atoms with E-state index in [0.717, 1.165) is 10.2 Å². The fraction of sp³-hybridized carbons (Fsp3) is 0.300. The number of hydrogen-bond acceptors (Lipinski definition) is 4. The highest BCUT2D eigenvalue weighted by Gasteiger charge is 2.08. The van der Waals surface area contributed by atoms with Crippen LogP contribution < -0.4 is 25.4 Å². The Morgan fingerprint density at radius 2 is 1.86 bits per heavy atom. The summed E-state index contributed by atoms with van der Waals surface area (Å²) in [6, 6.07) is 12.8. The SMILES string of the molecule is CCOc1ccc(NC(=NC)NCCNC(=O)c2cccc(Br)c2)cc1OC.I. The molecule has 158 valence electrons. The van der Waals surface area contributed by atoms with E-state index in [0.29, 0.717) is 42.7 Å². The molecule has 0 atom stereocenters. The topological polar surface area (TPSA) is 84.0 Å². The molecule has 0 aromatic heterocycles. The second kappa shape index (κ2) is 13.3. The maximum Gasteiger partial charge on any atom is 0.251 e. The number of nitrogens with zero attached hydrogens (tertiary/aromatic N) is 1. The lowest BCUT2D eigenvalue weighted by Gasteiger charge is -2.15. The molecule has 0 aliphatic heterocycles. The van der Waals surface area contributed by atoms with Crippen LogP contribution in [0.5, 0.6) is 11.5 Å². The summed E-state index contributed by atoms with van der Waals surface area (Å²) in [5, 5.41) is 9.21. The third-order valence-corrected chi connectivity index (χ3v) is 4.23. The number of hydrogen-bond donors (Lipinski definition) is 3. The number of nitrogens with one attached hydrogen (secondary N) is 3. The van der Waals surface area contributed by atoms with E-state index >= 15 is 0 Å². The Bertz CT molecular complexity index is 833. The molecule has 2 aromatic carbocycles. The van der Waals surface area contributed by atoms with Crippen molar-refractivity contribution in [1.82, 2.24) is 10.6 Å². The van der Waals surface area contributed by atoms with Crippen molar-refractivity contribution >= 4 is 57.5 Å². The van der Waals surface area contributed by atoms with Gasteiger partial charge in [-0.25, -0.2) is 0 Å². The molecule has 2 aromatic rings. The van der Waals surface area contributed by atoms with Crippen LogP contribution in [0.4, 0.5) is 5.69 Å². The number of amides is 1. The Hall–Kier alpha value is -2.01. The van der Waals surface area contributed by atoms with E-state index < -0.39 is 0 Å². The lowest BCUT2D eigenvalue weighted by atomic mass is 10.2. The third-order valence-electron chi connectivity index (χ3n) is 3.74. The third kappa shape index (κ3) is 8.09. The number of carbonyl (C=O) groups is 1. The monoisotopic (exact) mass is 576 g/mol. The summed E-state index contributed by atoms with van der Waals surface area (Å²) >= 11 is 3.36. The molecule has 9 heteroatoms. The van der Waals surface area contributed by atoms with Gasteiger partial charge in [0.05, 0.1) is 13.7 Å². The van der Waals surface area contributed by atoms with E-state index in [1.807, 2.05) is 37.3 Å². The van der Waals surface area contributed by atoms with Crippen molar-refractivity contribution in [3.63, 3.8) is 0 Å². The summed E-state index contributed by atoms with van der Waals surface area (Å²) in [6.45, 7) is 3.47. The highest BCUT2D eigenvalue weighted by molar-refractivity contribution is 14.0. The fourth-order valence-corrected chi connectivity index (χ4v) is 2.82. The van der Waals surface area contributed by atoms with Crippen LogP contribution in [0.25, 0.3) is 0 Å². The van der Waals surface area contributed by atoms with Crippen LogP contribution in [-0.2, 0) is 0 Å². The molecular weight excluding hydrogens is 551 g/mol. The van der Waals surface area contributed by atoms with Crippen molar-refractivity contribution in [2.75, 3.05) is 39.2 Å². The second-order valence-corrected chi connectivity index (χ2v) is 6.60. The molecule has 3 N–H and O–H groups in total. The molecule has 2 rings (SSSR count). The number of rotatable bonds is 8. The van der Waals surface area contributed by atoms with Crippen LogP contribution in [0.3, 0.4) is 0 Å². The van der Waals surface area contributed by atoms with Crippen molar-refractivity contribution in [3.05, 3.63) is 52.5 Å². The van der Waals surface area contributed by atoms with Gasteiger partial charge in [0.1, 0.15) is 0 Å². The quantitative estimate of drug-likeness (QED) is 0.192. The average molecular weight is 577 g/mol. The maximum absolute atomic E-state index is 12.1. The molecule has 29 heavy (non-hydrogen) atoms. The first-order valence-corrected chi connectivity index (χ1v) is 9.69. The number of methoxy groups -OCH3 is 1. The lowest BCUT2D eigenvalue weighted by Crippen LogP contribution is -2.37. The average Bonchev–Trinajstić information content (AvgIpc) is 2.71. The zero-order chi connectivity index (χ0) is 20.4. The minimum Gasteiger partial charge on any atom is -0.493 e. The summed E-state index contributed by atoms with van der Waals surface area (Å²) in [5.41, 5.74) is 1.42.